The lowest BCUT2D eigenvalue weighted by Gasteiger charge is -2.17. The summed E-state index contributed by atoms with van der Waals surface area (Å²) < 4.78 is 1.88. The van der Waals surface area contributed by atoms with Gasteiger partial charge in [-0.1, -0.05) is 18.2 Å². The van der Waals surface area contributed by atoms with E-state index < -0.39 is 0 Å². The molecule has 0 spiro atoms. The first-order valence-electron chi connectivity index (χ1n) is 4.92. The van der Waals surface area contributed by atoms with Crippen LogP contribution in [0.3, 0.4) is 0 Å². The third-order valence-corrected chi connectivity index (χ3v) is 2.67. The lowest BCUT2D eigenvalue weighted by Crippen LogP contribution is -2.33. The SMILES string of the molecule is CC(=O)N(C)n1cc(C)c2ccccc21. The molecule has 2 rings (SSSR count). The number of amides is 1. The summed E-state index contributed by atoms with van der Waals surface area (Å²) in [6.45, 7) is 3.61. The number of aromatic nitrogens is 1. The zero-order chi connectivity index (χ0) is 11.0. The van der Waals surface area contributed by atoms with Crippen LogP contribution < -0.4 is 5.01 Å². The van der Waals surface area contributed by atoms with E-state index in [-0.39, 0.29) is 5.91 Å². The number of para-hydroxylation sites is 1. The highest BCUT2D eigenvalue weighted by Gasteiger charge is 2.09. The molecule has 0 aliphatic heterocycles. The van der Waals surface area contributed by atoms with Gasteiger partial charge in [0.1, 0.15) is 0 Å². The van der Waals surface area contributed by atoms with Crippen LogP contribution in [0, 0.1) is 6.92 Å². The molecule has 3 nitrogen and oxygen atoms in total. The van der Waals surface area contributed by atoms with E-state index in [4.69, 9.17) is 0 Å². The largest absolute Gasteiger partial charge is 0.273 e. The van der Waals surface area contributed by atoms with Crippen molar-refractivity contribution in [2.45, 2.75) is 13.8 Å². The van der Waals surface area contributed by atoms with E-state index in [1.807, 2.05) is 36.0 Å². The molecule has 0 N–H and O–H groups in total. The van der Waals surface area contributed by atoms with Gasteiger partial charge in [-0.25, -0.2) is 0 Å². The van der Waals surface area contributed by atoms with Crippen LogP contribution in [0.25, 0.3) is 10.9 Å². The Morgan fingerprint density at radius 2 is 2.00 bits per heavy atom. The Kier molecular flexibility index (Phi) is 2.23. The van der Waals surface area contributed by atoms with Crippen molar-refractivity contribution in [3.63, 3.8) is 0 Å². The Bertz CT molecular complexity index is 513. The van der Waals surface area contributed by atoms with Crippen molar-refractivity contribution < 1.29 is 4.79 Å². The second-order valence-electron chi connectivity index (χ2n) is 3.72. The summed E-state index contributed by atoms with van der Waals surface area (Å²) in [5, 5.41) is 2.79. The van der Waals surface area contributed by atoms with Crippen molar-refractivity contribution in [1.29, 1.82) is 0 Å². The van der Waals surface area contributed by atoms with Crippen LogP contribution in [0.15, 0.2) is 30.5 Å². The fourth-order valence-corrected chi connectivity index (χ4v) is 1.73. The second kappa shape index (κ2) is 3.42. The molecule has 15 heavy (non-hydrogen) atoms. The molecule has 1 aromatic carbocycles. The first-order valence-corrected chi connectivity index (χ1v) is 4.92. The quantitative estimate of drug-likeness (QED) is 0.695. The smallest absolute Gasteiger partial charge is 0.237 e. The van der Waals surface area contributed by atoms with Crippen LogP contribution in [0.4, 0.5) is 0 Å². The van der Waals surface area contributed by atoms with Crippen molar-refractivity contribution in [3.05, 3.63) is 36.0 Å². The lowest BCUT2D eigenvalue weighted by molar-refractivity contribution is -0.117. The van der Waals surface area contributed by atoms with Crippen molar-refractivity contribution in [1.82, 2.24) is 4.68 Å². The highest BCUT2D eigenvalue weighted by atomic mass is 16.2. The minimum absolute atomic E-state index is 0.0238. The molecule has 0 atom stereocenters. The normalized spacial score (nSPS) is 10.6. The van der Waals surface area contributed by atoms with Gasteiger partial charge in [-0.15, -0.1) is 0 Å². The Morgan fingerprint density at radius 1 is 1.33 bits per heavy atom. The number of aryl methyl sites for hydroxylation is 1. The number of carbonyl (C=O) groups excluding carboxylic acids is 1. The Balaban J connectivity index is 2.67. The van der Waals surface area contributed by atoms with Crippen molar-refractivity contribution >= 4 is 16.8 Å². The summed E-state index contributed by atoms with van der Waals surface area (Å²) in [7, 11) is 1.77. The van der Waals surface area contributed by atoms with Crippen LogP contribution in [0.1, 0.15) is 12.5 Å². The molecular weight excluding hydrogens is 188 g/mol. The molecule has 0 unspecified atom stereocenters. The van der Waals surface area contributed by atoms with Crippen molar-refractivity contribution in [3.8, 4) is 0 Å². The molecule has 0 radical (unpaired) electrons. The van der Waals surface area contributed by atoms with Gasteiger partial charge in [0.25, 0.3) is 0 Å². The zero-order valence-corrected chi connectivity index (χ0v) is 9.19. The molecule has 0 saturated carbocycles. The Morgan fingerprint density at radius 3 is 2.67 bits per heavy atom. The van der Waals surface area contributed by atoms with Gasteiger partial charge in [-0.05, 0) is 18.6 Å². The molecule has 78 valence electrons. The van der Waals surface area contributed by atoms with Gasteiger partial charge in [0.05, 0.1) is 5.52 Å². The van der Waals surface area contributed by atoms with E-state index in [9.17, 15) is 4.79 Å². The fraction of sp³-hybridized carbons (Fsp3) is 0.250. The molecule has 1 heterocycles. The predicted octanol–water partition coefficient (Wildman–Crippen LogP) is 2.06. The van der Waals surface area contributed by atoms with Gasteiger partial charge >= 0.3 is 0 Å². The van der Waals surface area contributed by atoms with Gasteiger partial charge in [-0.2, -0.15) is 0 Å². The maximum atomic E-state index is 11.3. The average Bonchev–Trinajstić information content (AvgIpc) is 2.56. The van der Waals surface area contributed by atoms with Crippen LogP contribution in [-0.2, 0) is 4.79 Å². The van der Waals surface area contributed by atoms with E-state index in [2.05, 4.69) is 6.07 Å². The molecule has 0 aliphatic carbocycles. The van der Waals surface area contributed by atoms with Gasteiger partial charge in [-0.3, -0.25) is 14.5 Å². The monoisotopic (exact) mass is 202 g/mol. The van der Waals surface area contributed by atoms with Gasteiger partial charge in [0, 0.05) is 25.6 Å². The Labute approximate surface area is 88.9 Å². The van der Waals surface area contributed by atoms with Crippen molar-refractivity contribution in [2.24, 2.45) is 0 Å². The number of hydrogen-bond donors (Lipinski definition) is 0. The molecule has 0 aliphatic rings. The lowest BCUT2D eigenvalue weighted by atomic mass is 10.2. The van der Waals surface area contributed by atoms with Gasteiger partial charge in [0.2, 0.25) is 5.91 Å². The van der Waals surface area contributed by atoms with Gasteiger partial charge in [0.15, 0.2) is 0 Å². The van der Waals surface area contributed by atoms with E-state index in [1.54, 1.807) is 19.0 Å². The summed E-state index contributed by atoms with van der Waals surface area (Å²) in [6, 6.07) is 8.07. The molecule has 1 amide bonds. The van der Waals surface area contributed by atoms with E-state index in [1.165, 1.54) is 10.9 Å². The summed E-state index contributed by atoms with van der Waals surface area (Å²) in [4.78, 5) is 11.3. The number of rotatable bonds is 1. The molecule has 0 fully saturated rings. The molecule has 0 saturated heterocycles. The minimum Gasteiger partial charge on any atom is -0.273 e. The fourth-order valence-electron chi connectivity index (χ4n) is 1.73. The minimum atomic E-state index is 0.0238. The van der Waals surface area contributed by atoms with Crippen LogP contribution in [-0.4, -0.2) is 17.6 Å². The first kappa shape index (κ1) is 9.77. The van der Waals surface area contributed by atoms with Crippen LogP contribution in [0.2, 0.25) is 0 Å². The van der Waals surface area contributed by atoms with E-state index in [0.29, 0.717) is 0 Å². The third-order valence-electron chi connectivity index (χ3n) is 2.67. The Hall–Kier alpha value is -1.77. The number of carbonyl (C=O) groups is 1. The summed E-state index contributed by atoms with van der Waals surface area (Å²) in [5.41, 5.74) is 2.24. The number of fused-ring (bicyclic) bond motifs is 1. The molecule has 2 aromatic rings. The summed E-state index contributed by atoms with van der Waals surface area (Å²) in [5.74, 6) is 0.0238. The average molecular weight is 202 g/mol. The maximum Gasteiger partial charge on any atom is 0.237 e. The topological polar surface area (TPSA) is 25.2 Å². The molecule has 3 heteroatoms. The standard InChI is InChI=1S/C12H14N2O/c1-9-8-14(13(3)10(2)15)12-7-5-4-6-11(9)12/h4-8H,1-3H3. The highest BCUT2D eigenvalue weighted by molar-refractivity contribution is 5.89. The predicted molar refractivity (Wildman–Crippen MR) is 61.5 cm³/mol. The second-order valence-corrected chi connectivity index (χ2v) is 3.72. The van der Waals surface area contributed by atoms with Crippen LogP contribution >= 0.6 is 0 Å². The van der Waals surface area contributed by atoms with E-state index in [0.717, 1.165) is 5.52 Å². The summed E-state index contributed by atoms with van der Waals surface area (Å²) in [6.07, 6.45) is 1.98. The maximum absolute atomic E-state index is 11.3. The summed E-state index contributed by atoms with van der Waals surface area (Å²) >= 11 is 0. The number of hydrogen-bond acceptors (Lipinski definition) is 1. The number of nitrogens with zero attached hydrogens (tertiary/aromatic N) is 2. The molecular formula is C12H14N2O. The first-order chi connectivity index (χ1) is 7.11. The van der Waals surface area contributed by atoms with Crippen LogP contribution in [0.5, 0.6) is 0 Å². The molecule has 0 bridgehead atoms. The third kappa shape index (κ3) is 1.50. The number of benzene rings is 1. The highest BCUT2D eigenvalue weighted by Crippen LogP contribution is 2.20. The van der Waals surface area contributed by atoms with E-state index >= 15 is 0 Å². The van der Waals surface area contributed by atoms with Crippen molar-refractivity contribution in [2.75, 3.05) is 12.1 Å². The molecule has 1 aromatic heterocycles. The van der Waals surface area contributed by atoms with Gasteiger partial charge < -0.3 is 0 Å². The zero-order valence-electron chi connectivity index (χ0n) is 9.19.